The first-order chi connectivity index (χ1) is 8.70. The molecule has 0 aliphatic carbocycles. The zero-order valence-electron chi connectivity index (χ0n) is 11.1. The van der Waals surface area contributed by atoms with E-state index >= 15 is 0 Å². The van der Waals surface area contributed by atoms with Crippen LogP contribution < -0.4 is 0 Å². The topological polar surface area (TPSA) is 90.4 Å². The van der Waals surface area contributed by atoms with Gasteiger partial charge in [-0.25, -0.2) is 9.59 Å². The van der Waals surface area contributed by atoms with Gasteiger partial charge in [-0.2, -0.15) is 0 Å². The Bertz CT molecular complexity index is 431. The van der Waals surface area contributed by atoms with E-state index < -0.39 is 29.7 Å². The van der Waals surface area contributed by atoms with Gasteiger partial charge in [0.1, 0.15) is 11.6 Å². The summed E-state index contributed by atoms with van der Waals surface area (Å²) in [6, 6.07) is -1.56. The van der Waals surface area contributed by atoms with Crippen LogP contribution in [0.15, 0.2) is 0 Å². The van der Waals surface area contributed by atoms with Gasteiger partial charge in [0.15, 0.2) is 0 Å². The summed E-state index contributed by atoms with van der Waals surface area (Å²) in [7, 11) is 0. The highest BCUT2D eigenvalue weighted by atomic mass is 16.6. The van der Waals surface area contributed by atoms with Gasteiger partial charge in [0, 0.05) is 13.1 Å². The Labute approximate surface area is 110 Å². The molecule has 8 heteroatoms. The second-order valence-corrected chi connectivity index (χ2v) is 5.57. The summed E-state index contributed by atoms with van der Waals surface area (Å²) in [4.78, 5) is 37.6. The molecule has 2 saturated heterocycles. The summed E-state index contributed by atoms with van der Waals surface area (Å²) in [5.41, 5.74) is -0.618. The highest BCUT2D eigenvalue weighted by molar-refractivity contribution is 6.03. The third kappa shape index (κ3) is 2.48. The lowest BCUT2D eigenvalue weighted by Crippen LogP contribution is -2.55. The SMILES string of the molecule is CC(C)(C)OC(=O)N1CCN2C(=O)N(O)C(=O)[C@@H]2C1. The summed E-state index contributed by atoms with van der Waals surface area (Å²) in [6.07, 6.45) is -0.524. The van der Waals surface area contributed by atoms with E-state index in [1.807, 2.05) is 0 Å². The average Bonchev–Trinajstić information content (AvgIpc) is 2.52. The number of fused-ring (bicyclic) bond motifs is 1. The fraction of sp³-hybridized carbons (Fsp3) is 0.727. The second-order valence-electron chi connectivity index (χ2n) is 5.57. The van der Waals surface area contributed by atoms with E-state index in [2.05, 4.69) is 0 Å². The van der Waals surface area contributed by atoms with E-state index in [1.165, 1.54) is 9.80 Å². The lowest BCUT2D eigenvalue weighted by molar-refractivity contribution is -0.149. The summed E-state index contributed by atoms with van der Waals surface area (Å²) >= 11 is 0. The molecule has 0 spiro atoms. The average molecular weight is 271 g/mol. The Morgan fingerprint density at radius 1 is 1.32 bits per heavy atom. The van der Waals surface area contributed by atoms with Crippen LogP contribution in [0, 0.1) is 0 Å². The molecule has 106 valence electrons. The van der Waals surface area contributed by atoms with E-state index in [4.69, 9.17) is 4.74 Å². The van der Waals surface area contributed by atoms with Crippen molar-refractivity contribution in [2.24, 2.45) is 0 Å². The molecule has 0 saturated carbocycles. The van der Waals surface area contributed by atoms with Crippen molar-refractivity contribution in [2.45, 2.75) is 32.4 Å². The van der Waals surface area contributed by atoms with Crippen molar-refractivity contribution in [3.05, 3.63) is 0 Å². The Kier molecular flexibility index (Phi) is 3.13. The maximum atomic E-state index is 11.9. The molecular formula is C11H17N3O5. The van der Waals surface area contributed by atoms with Crippen LogP contribution in [-0.2, 0) is 9.53 Å². The molecular weight excluding hydrogens is 254 g/mol. The first kappa shape index (κ1) is 13.6. The number of hydroxylamine groups is 2. The number of carbonyl (C=O) groups excluding carboxylic acids is 3. The summed E-state index contributed by atoms with van der Waals surface area (Å²) in [5.74, 6) is -0.710. The van der Waals surface area contributed by atoms with Crippen LogP contribution in [-0.4, -0.2) is 69.4 Å². The number of nitrogens with zero attached hydrogens (tertiary/aromatic N) is 3. The molecule has 2 aliphatic rings. The van der Waals surface area contributed by atoms with Crippen LogP contribution in [0.4, 0.5) is 9.59 Å². The molecule has 4 amide bonds. The largest absolute Gasteiger partial charge is 0.444 e. The van der Waals surface area contributed by atoms with Crippen LogP contribution >= 0.6 is 0 Å². The summed E-state index contributed by atoms with van der Waals surface area (Å²) in [5, 5.41) is 9.37. The molecule has 2 aliphatic heterocycles. The first-order valence-electron chi connectivity index (χ1n) is 6.02. The van der Waals surface area contributed by atoms with E-state index in [0.29, 0.717) is 0 Å². The number of hydrogen-bond acceptors (Lipinski definition) is 5. The van der Waals surface area contributed by atoms with Gasteiger partial charge >= 0.3 is 12.1 Å². The molecule has 2 rings (SSSR count). The number of ether oxygens (including phenoxy) is 1. The maximum absolute atomic E-state index is 11.9. The van der Waals surface area contributed by atoms with Gasteiger partial charge in [0.2, 0.25) is 0 Å². The maximum Gasteiger partial charge on any atom is 0.410 e. The lowest BCUT2D eigenvalue weighted by Gasteiger charge is -2.35. The minimum absolute atomic E-state index is 0.0382. The summed E-state index contributed by atoms with van der Waals surface area (Å²) < 4.78 is 5.21. The van der Waals surface area contributed by atoms with Gasteiger partial charge < -0.3 is 14.5 Å². The minimum Gasteiger partial charge on any atom is -0.444 e. The smallest absolute Gasteiger partial charge is 0.410 e. The van der Waals surface area contributed by atoms with Crippen molar-refractivity contribution in [3.8, 4) is 0 Å². The number of carbonyl (C=O) groups is 3. The Balaban J connectivity index is 2.05. The van der Waals surface area contributed by atoms with E-state index in [-0.39, 0.29) is 24.7 Å². The molecule has 0 unspecified atom stereocenters. The van der Waals surface area contributed by atoms with Crippen LogP contribution in [0.1, 0.15) is 20.8 Å². The number of amides is 4. The van der Waals surface area contributed by atoms with Crippen molar-refractivity contribution in [3.63, 3.8) is 0 Å². The van der Waals surface area contributed by atoms with Crippen molar-refractivity contribution in [1.82, 2.24) is 14.9 Å². The molecule has 0 aromatic carbocycles. The molecule has 0 aromatic rings. The lowest BCUT2D eigenvalue weighted by atomic mass is 10.2. The van der Waals surface area contributed by atoms with Gasteiger partial charge in [0.05, 0.1) is 6.54 Å². The van der Waals surface area contributed by atoms with Crippen LogP contribution in [0.2, 0.25) is 0 Å². The summed E-state index contributed by atoms with van der Waals surface area (Å²) in [6.45, 7) is 5.77. The van der Waals surface area contributed by atoms with Crippen LogP contribution in [0.3, 0.4) is 0 Å². The van der Waals surface area contributed by atoms with Crippen molar-refractivity contribution in [1.29, 1.82) is 0 Å². The fourth-order valence-corrected chi connectivity index (χ4v) is 2.07. The van der Waals surface area contributed by atoms with Crippen molar-refractivity contribution >= 4 is 18.0 Å². The minimum atomic E-state index is -0.821. The first-order valence-corrected chi connectivity index (χ1v) is 6.02. The molecule has 0 bridgehead atoms. The quantitative estimate of drug-likeness (QED) is 0.504. The number of piperazine rings is 1. The van der Waals surface area contributed by atoms with Crippen molar-refractivity contribution < 1.29 is 24.3 Å². The van der Waals surface area contributed by atoms with Gasteiger partial charge in [0.25, 0.3) is 5.91 Å². The van der Waals surface area contributed by atoms with E-state index in [9.17, 15) is 19.6 Å². The fourth-order valence-electron chi connectivity index (χ4n) is 2.07. The van der Waals surface area contributed by atoms with E-state index in [1.54, 1.807) is 20.8 Å². The molecule has 1 N–H and O–H groups in total. The zero-order valence-corrected chi connectivity index (χ0v) is 11.1. The van der Waals surface area contributed by atoms with Gasteiger partial charge in [-0.15, -0.1) is 5.06 Å². The van der Waals surface area contributed by atoms with Gasteiger partial charge in [-0.3, -0.25) is 10.0 Å². The monoisotopic (exact) mass is 271 g/mol. The third-order valence-corrected chi connectivity index (χ3v) is 2.95. The van der Waals surface area contributed by atoms with Crippen LogP contribution in [0.25, 0.3) is 0 Å². The standard InChI is InChI=1S/C11H17N3O5/c1-11(2,3)19-10(17)12-4-5-13-7(6-12)8(15)14(18)9(13)16/h7,18H,4-6H2,1-3H3/t7-/m0/s1. The Morgan fingerprint density at radius 2 is 1.95 bits per heavy atom. The van der Waals surface area contributed by atoms with E-state index in [0.717, 1.165) is 0 Å². The molecule has 2 heterocycles. The highest BCUT2D eigenvalue weighted by Crippen LogP contribution is 2.21. The van der Waals surface area contributed by atoms with Gasteiger partial charge in [-0.1, -0.05) is 0 Å². The molecule has 0 aromatic heterocycles. The molecule has 2 fully saturated rings. The Hall–Kier alpha value is -1.83. The number of hydrogen-bond donors (Lipinski definition) is 1. The number of urea groups is 1. The normalized spacial score (nSPS) is 23.8. The second kappa shape index (κ2) is 4.37. The predicted molar refractivity (Wildman–Crippen MR) is 62.3 cm³/mol. The molecule has 0 radical (unpaired) electrons. The Morgan fingerprint density at radius 3 is 2.53 bits per heavy atom. The molecule has 8 nitrogen and oxygen atoms in total. The van der Waals surface area contributed by atoms with Gasteiger partial charge in [-0.05, 0) is 20.8 Å². The highest BCUT2D eigenvalue weighted by Gasteiger charge is 2.48. The zero-order chi connectivity index (χ0) is 14.4. The van der Waals surface area contributed by atoms with Crippen LogP contribution in [0.5, 0.6) is 0 Å². The van der Waals surface area contributed by atoms with Crippen molar-refractivity contribution in [2.75, 3.05) is 19.6 Å². The predicted octanol–water partition coefficient (Wildman–Crippen LogP) is 0.259. The number of rotatable bonds is 0. The molecule has 1 atom stereocenters. The molecule has 19 heavy (non-hydrogen) atoms. The third-order valence-electron chi connectivity index (χ3n) is 2.95. The number of imide groups is 1.